The molecular weight excluding hydrogens is 374 g/mol. The van der Waals surface area contributed by atoms with Crippen LogP contribution >= 0.6 is 27.7 Å². The zero-order valence-corrected chi connectivity index (χ0v) is 15.5. The van der Waals surface area contributed by atoms with Crippen molar-refractivity contribution in [1.29, 1.82) is 0 Å². The summed E-state index contributed by atoms with van der Waals surface area (Å²) in [4.78, 5) is 4.52. The summed E-state index contributed by atoms with van der Waals surface area (Å²) in [7, 11) is 1.66. The molecule has 0 amide bonds. The fourth-order valence-electron chi connectivity index (χ4n) is 2.42. The van der Waals surface area contributed by atoms with Gasteiger partial charge in [0.15, 0.2) is 11.5 Å². The van der Waals surface area contributed by atoms with Gasteiger partial charge in [-0.05, 0) is 46.1 Å². The SMILES string of the molecule is COc1cc(C2=NCCS2)cc(Br)c1OCc1ccccc1C. The number of ether oxygens (including phenoxy) is 2. The summed E-state index contributed by atoms with van der Waals surface area (Å²) in [6.07, 6.45) is 0. The van der Waals surface area contributed by atoms with Gasteiger partial charge in [0.2, 0.25) is 0 Å². The van der Waals surface area contributed by atoms with E-state index in [0.717, 1.165) is 38.9 Å². The summed E-state index contributed by atoms with van der Waals surface area (Å²) in [5.74, 6) is 2.49. The molecule has 5 heteroatoms. The van der Waals surface area contributed by atoms with Crippen molar-refractivity contribution < 1.29 is 9.47 Å². The lowest BCUT2D eigenvalue weighted by molar-refractivity contribution is 0.282. The number of methoxy groups -OCH3 is 1. The van der Waals surface area contributed by atoms with Crippen LogP contribution in [-0.2, 0) is 6.61 Å². The van der Waals surface area contributed by atoms with Crippen molar-refractivity contribution in [2.24, 2.45) is 4.99 Å². The molecule has 0 fully saturated rings. The Balaban J connectivity index is 1.85. The van der Waals surface area contributed by atoms with Gasteiger partial charge in [0.05, 0.1) is 16.6 Å². The molecule has 3 rings (SSSR count). The van der Waals surface area contributed by atoms with Gasteiger partial charge in [-0.15, -0.1) is 11.8 Å². The van der Waals surface area contributed by atoms with Crippen molar-refractivity contribution >= 4 is 32.7 Å². The number of nitrogens with zero attached hydrogens (tertiary/aromatic N) is 1. The highest BCUT2D eigenvalue weighted by molar-refractivity contribution is 9.10. The van der Waals surface area contributed by atoms with E-state index >= 15 is 0 Å². The van der Waals surface area contributed by atoms with Gasteiger partial charge in [0.1, 0.15) is 6.61 Å². The number of halogens is 1. The summed E-state index contributed by atoms with van der Waals surface area (Å²) in [6.45, 7) is 3.48. The van der Waals surface area contributed by atoms with E-state index in [4.69, 9.17) is 9.47 Å². The molecule has 0 saturated carbocycles. The van der Waals surface area contributed by atoms with Crippen molar-refractivity contribution in [3.05, 3.63) is 57.6 Å². The van der Waals surface area contributed by atoms with Gasteiger partial charge >= 0.3 is 0 Å². The van der Waals surface area contributed by atoms with Crippen LogP contribution in [0.2, 0.25) is 0 Å². The molecule has 0 unspecified atom stereocenters. The van der Waals surface area contributed by atoms with Crippen molar-refractivity contribution in [3.8, 4) is 11.5 Å². The van der Waals surface area contributed by atoms with Crippen LogP contribution in [0.4, 0.5) is 0 Å². The van der Waals surface area contributed by atoms with Gasteiger partial charge < -0.3 is 9.47 Å². The fourth-order valence-corrected chi connectivity index (χ4v) is 3.81. The number of hydrogen-bond donors (Lipinski definition) is 0. The van der Waals surface area contributed by atoms with E-state index in [1.54, 1.807) is 18.9 Å². The normalized spacial score (nSPS) is 13.8. The Morgan fingerprint density at radius 2 is 2.09 bits per heavy atom. The van der Waals surface area contributed by atoms with Crippen LogP contribution < -0.4 is 9.47 Å². The van der Waals surface area contributed by atoms with Crippen LogP contribution in [0.1, 0.15) is 16.7 Å². The molecule has 1 aliphatic rings. The Hall–Kier alpha value is -1.46. The second-order valence-electron chi connectivity index (χ2n) is 5.24. The van der Waals surface area contributed by atoms with Crippen molar-refractivity contribution in [2.75, 3.05) is 19.4 Å². The largest absolute Gasteiger partial charge is 0.493 e. The maximum absolute atomic E-state index is 6.02. The first-order chi connectivity index (χ1) is 11.2. The minimum atomic E-state index is 0.511. The number of aliphatic imine (C=N–C) groups is 1. The second-order valence-corrected chi connectivity index (χ2v) is 7.18. The quantitative estimate of drug-likeness (QED) is 0.730. The highest BCUT2D eigenvalue weighted by Gasteiger charge is 2.17. The monoisotopic (exact) mass is 391 g/mol. The Labute approximate surface area is 149 Å². The van der Waals surface area contributed by atoms with E-state index in [9.17, 15) is 0 Å². The number of rotatable bonds is 5. The van der Waals surface area contributed by atoms with E-state index in [-0.39, 0.29) is 0 Å². The number of hydrogen-bond acceptors (Lipinski definition) is 4. The minimum Gasteiger partial charge on any atom is -0.493 e. The van der Waals surface area contributed by atoms with E-state index in [1.807, 2.05) is 24.3 Å². The Kier molecular flexibility index (Phi) is 5.28. The minimum absolute atomic E-state index is 0.511. The van der Waals surface area contributed by atoms with Gasteiger partial charge in [-0.2, -0.15) is 0 Å². The van der Waals surface area contributed by atoms with Gasteiger partial charge in [-0.25, -0.2) is 0 Å². The Morgan fingerprint density at radius 1 is 1.26 bits per heavy atom. The average Bonchev–Trinajstić information content (AvgIpc) is 3.09. The smallest absolute Gasteiger partial charge is 0.175 e. The maximum Gasteiger partial charge on any atom is 0.175 e. The molecule has 0 atom stereocenters. The third kappa shape index (κ3) is 3.72. The van der Waals surface area contributed by atoms with Crippen LogP contribution in [0.25, 0.3) is 0 Å². The lowest BCUT2D eigenvalue weighted by Gasteiger charge is -2.15. The molecule has 2 aromatic rings. The molecule has 2 aromatic carbocycles. The third-order valence-corrected chi connectivity index (χ3v) is 5.31. The standard InChI is InChI=1S/C18H18BrNO2S/c1-12-5-3-4-6-13(12)11-22-17-15(19)9-14(10-16(17)21-2)18-20-7-8-23-18/h3-6,9-10H,7-8,11H2,1-2H3. The fraction of sp³-hybridized carbons (Fsp3) is 0.278. The molecule has 0 aliphatic carbocycles. The highest BCUT2D eigenvalue weighted by atomic mass is 79.9. The van der Waals surface area contributed by atoms with Crippen LogP contribution in [-0.4, -0.2) is 24.5 Å². The Morgan fingerprint density at radius 3 is 2.78 bits per heavy atom. The van der Waals surface area contributed by atoms with Gasteiger partial charge in [0, 0.05) is 17.9 Å². The van der Waals surface area contributed by atoms with E-state index in [2.05, 4.69) is 40.0 Å². The van der Waals surface area contributed by atoms with Gasteiger partial charge in [0.25, 0.3) is 0 Å². The predicted octanol–water partition coefficient (Wildman–Crippen LogP) is 4.84. The lowest BCUT2D eigenvalue weighted by Crippen LogP contribution is -2.02. The Bertz CT molecular complexity index is 746. The zero-order valence-electron chi connectivity index (χ0n) is 13.1. The van der Waals surface area contributed by atoms with Crippen LogP contribution in [0.5, 0.6) is 11.5 Å². The maximum atomic E-state index is 6.02. The summed E-state index contributed by atoms with van der Waals surface area (Å²) in [5.41, 5.74) is 3.46. The molecule has 120 valence electrons. The van der Waals surface area contributed by atoms with Gasteiger partial charge in [-0.3, -0.25) is 4.99 Å². The van der Waals surface area contributed by atoms with Crippen molar-refractivity contribution in [1.82, 2.24) is 0 Å². The molecule has 1 aliphatic heterocycles. The summed E-state index contributed by atoms with van der Waals surface area (Å²) < 4.78 is 12.4. The summed E-state index contributed by atoms with van der Waals surface area (Å²) in [6, 6.07) is 12.3. The van der Waals surface area contributed by atoms with Crippen molar-refractivity contribution in [2.45, 2.75) is 13.5 Å². The first-order valence-corrected chi connectivity index (χ1v) is 9.19. The molecule has 0 bridgehead atoms. The first kappa shape index (κ1) is 16.4. The number of thioether (sulfide) groups is 1. The summed E-state index contributed by atoms with van der Waals surface area (Å²) in [5, 5.41) is 1.06. The molecule has 0 radical (unpaired) electrons. The first-order valence-electron chi connectivity index (χ1n) is 7.41. The molecule has 23 heavy (non-hydrogen) atoms. The lowest BCUT2D eigenvalue weighted by atomic mass is 10.1. The zero-order chi connectivity index (χ0) is 16.2. The topological polar surface area (TPSA) is 30.8 Å². The highest BCUT2D eigenvalue weighted by Crippen LogP contribution is 2.38. The van der Waals surface area contributed by atoms with Crippen LogP contribution in [0.15, 0.2) is 45.9 Å². The van der Waals surface area contributed by atoms with E-state index in [1.165, 1.54) is 11.1 Å². The summed E-state index contributed by atoms with van der Waals surface area (Å²) >= 11 is 5.38. The van der Waals surface area contributed by atoms with E-state index < -0.39 is 0 Å². The molecule has 0 N–H and O–H groups in total. The number of benzene rings is 2. The molecule has 0 aromatic heterocycles. The molecular formula is C18H18BrNO2S. The molecule has 0 spiro atoms. The number of aryl methyl sites for hydroxylation is 1. The second kappa shape index (κ2) is 7.41. The predicted molar refractivity (Wildman–Crippen MR) is 100 cm³/mol. The molecule has 0 saturated heterocycles. The van der Waals surface area contributed by atoms with Crippen LogP contribution in [0, 0.1) is 6.92 Å². The molecule has 1 heterocycles. The van der Waals surface area contributed by atoms with E-state index in [0.29, 0.717) is 6.61 Å². The molecule has 3 nitrogen and oxygen atoms in total. The third-order valence-electron chi connectivity index (χ3n) is 3.70. The average molecular weight is 392 g/mol. The van der Waals surface area contributed by atoms with Gasteiger partial charge in [-0.1, -0.05) is 24.3 Å². The van der Waals surface area contributed by atoms with Crippen LogP contribution in [0.3, 0.4) is 0 Å². The van der Waals surface area contributed by atoms with Crippen molar-refractivity contribution in [3.63, 3.8) is 0 Å².